The van der Waals surface area contributed by atoms with E-state index in [2.05, 4.69) is 32.2 Å². The third-order valence-electron chi connectivity index (χ3n) is 3.07. The van der Waals surface area contributed by atoms with Gasteiger partial charge in [0.15, 0.2) is 0 Å². The van der Waals surface area contributed by atoms with Crippen molar-refractivity contribution in [2.45, 2.75) is 19.0 Å². The molecule has 0 saturated carbocycles. The minimum absolute atomic E-state index is 0.644. The van der Waals surface area contributed by atoms with E-state index in [0.29, 0.717) is 6.04 Å². The zero-order chi connectivity index (χ0) is 11.5. The molecular formula is C12H16BrClN2. The molecule has 0 aromatic heterocycles. The highest BCUT2D eigenvalue weighted by atomic mass is 79.9. The van der Waals surface area contributed by atoms with E-state index in [0.717, 1.165) is 22.6 Å². The van der Waals surface area contributed by atoms with Crippen LogP contribution in [-0.4, -0.2) is 31.1 Å². The lowest BCUT2D eigenvalue weighted by Crippen LogP contribution is -2.29. The lowest BCUT2D eigenvalue weighted by atomic mass is 10.2. The molecule has 0 spiro atoms. The lowest BCUT2D eigenvalue weighted by molar-refractivity contribution is 0.322. The quantitative estimate of drug-likeness (QED) is 0.924. The Morgan fingerprint density at radius 2 is 2.38 bits per heavy atom. The normalized spacial score (nSPS) is 21.6. The van der Waals surface area contributed by atoms with Gasteiger partial charge in [0.05, 0.1) is 5.02 Å². The van der Waals surface area contributed by atoms with Crippen molar-refractivity contribution in [3.05, 3.63) is 33.3 Å². The topological polar surface area (TPSA) is 15.3 Å². The van der Waals surface area contributed by atoms with E-state index in [4.69, 9.17) is 11.6 Å². The zero-order valence-corrected chi connectivity index (χ0v) is 11.7. The summed E-state index contributed by atoms with van der Waals surface area (Å²) in [7, 11) is 2.03. The maximum Gasteiger partial charge on any atom is 0.0551 e. The number of hydrogen-bond acceptors (Lipinski definition) is 2. The molecule has 0 aliphatic carbocycles. The monoisotopic (exact) mass is 302 g/mol. The summed E-state index contributed by atoms with van der Waals surface area (Å²) in [5.41, 5.74) is 1.28. The Bertz CT molecular complexity index is 370. The molecule has 1 unspecified atom stereocenters. The maximum atomic E-state index is 6.08. The summed E-state index contributed by atoms with van der Waals surface area (Å²) in [5.74, 6) is 0. The van der Waals surface area contributed by atoms with Gasteiger partial charge < -0.3 is 5.32 Å². The number of nitrogens with one attached hydrogen (secondary N) is 1. The van der Waals surface area contributed by atoms with Crippen LogP contribution in [0.25, 0.3) is 0 Å². The van der Waals surface area contributed by atoms with Crippen LogP contribution in [0.4, 0.5) is 0 Å². The van der Waals surface area contributed by atoms with Crippen LogP contribution in [0.1, 0.15) is 12.0 Å². The molecule has 16 heavy (non-hydrogen) atoms. The van der Waals surface area contributed by atoms with Crippen molar-refractivity contribution in [3.8, 4) is 0 Å². The minimum Gasteiger partial charge on any atom is -0.316 e. The Balaban J connectivity index is 1.97. The van der Waals surface area contributed by atoms with E-state index >= 15 is 0 Å². The predicted molar refractivity (Wildman–Crippen MR) is 71.9 cm³/mol. The van der Waals surface area contributed by atoms with Crippen molar-refractivity contribution >= 4 is 27.5 Å². The molecule has 1 aromatic rings. The fraction of sp³-hybridized carbons (Fsp3) is 0.500. The first kappa shape index (κ1) is 12.4. The van der Waals surface area contributed by atoms with E-state index in [1.165, 1.54) is 18.5 Å². The predicted octanol–water partition coefficient (Wildman–Crippen LogP) is 2.90. The molecule has 1 aliphatic heterocycles. The second-order valence-electron chi connectivity index (χ2n) is 4.26. The van der Waals surface area contributed by atoms with Crippen molar-refractivity contribution in [1.82, 2.24) is 10.2 Å². The highest BCUT2D eigenvalue weighted by Gasteiger charge is 2.20. The summed E-state index contributed by atoms with van der Waals surface area (Å²) in [6.07, 6.45) is 1.24. The summed E-state index contributed by atoms with van der Waals surface area (Å²) in [6.45, 7) is 3.29. The average molecular weight is 304 g/mol. The summed E-state index contributed by atoms with van der Waals surface area (Å²) < 4.78 is 0.965. The van der Waals surface area contributed by atoms with Crippen molar-refractivity contribution in [2.75, 3.05) is 20.1 Å². The van der Waals surface area contributed by atoms with Crippen molar-refractivity contribution in [2.24, 2.45) is 0 Å². The van der Waals surface area contributed by atoms with Gasteiger partial charge in [-0.25, -0.2) is 0 Å². The number of benzene rings is 1. The average Bonchev–Trinajstić information content (AvgIpc) is 2.71. The number of likely N-dealkylation sites (N-methyl/N-ethyl adjacent to an activating group) is 1. The Morgan fingerprint density at radius 3 is 3.00 bits per heavy atom. The first-order valence-electron chi connectivity index (χ1n) is 5.52. The molecule has 0 radical (unpaired) electrons. The van der Waals surface area contributed by atoms with E-state index in [1.54, 1.807) is 0 Å². The third kappa shape index (κ3) is 2.98. The van der Waals surface area contributed by atoms with Gasteiger partial charge in [-0.2, -0.15) is 0 Å². The van der Waals surface area contributed by atoms with Gasteiger partial charge in [0, 0.05) is 30.1 Å². The molecule has 2 rings (SSSR count). The summed E-state index contributed by atoms with van der Waals surface area (Å²) in [6, 6.07) is 6.83. The van der Waals surface area contributed by atoms with E-state index in [-0.39, 0.29) is 0 Å². The largest absolute Gasteiger partial charge is 0.316 e. The lowest BCUT2D eigenvalue weighted by Gasteiger charge is -2.16. The first-order chi connectivity index (χ1) is 7.69. The molecule has 1 saturated heterocycles. The number of halogens is 2. The van der Waals surface area contributed by atoms with E-state index in [1.807, 2.05) is 19.2 Å². The van der Waals surface area contributed by atoms with Gasteiger partial charge in [-0.15, -0.1) is 0 Å². The van der Waals surface area contributed by atoms with Gasteiger partial charge in [0.2, 0.25) is 0 Å². The highest BCUT2D eigenvalue weighted by molar-refractivity contribution is 9.10. The zero-order valence-electron chi connectivity index (χ0n) is 9.34. The fourth-order valence-corrected chi connectivity index (χ4v) is 2.56. The molecule has 88 valence electrons. The Labute approximate surface area is 110 Å². The summed E-state index contributed by atoms with van der Waals surface area (Å²) in [4.78, 5) is 2.46. The minimum atomic E-state index is 0.644. The standard InChI is InChI=1S/C12H16BrClN2/c1-15-10-4-5-16(8-10)7-9-2-3-11(13)12(14)6-9/h2-3,6,10,15H,4-5,7-8H2,1H3. The number of likely N-dealkylation sites (tertiary alicyclic amines) is 1. The van der Waals surface area contributed by atoms with Crippen LogP contribution in [0.5, 0.6) is 0 Å². The fourth-order valence-electron chi connectivity index (χ4n) is 2.11. The Hall–Kier alpha value is -0.0900. The van der Waals surface area contributed by atoms with Gasteiger partial charge in [-0.1, -0.05) is 17.7 Å². The Kier molecular flexibility index (Phi) is 4.25. The van der Waals surface area contributed by atoms with E-state index < -0.39 is 0 Å². The van der Waals surface area contributed by atoms with Crippen molar-refractivity contribution in [3.63, 3.8) is 0 Å². The molecule has 1 aliphatic rings. The van der Waals surface area contributed by atoms with Gasteiger partial charge >= 0.3 is 0 Å². The second kappa shape index (κ2) is 5.50. The van der Waals surface area contributed by atoms with Crippen LogP contribution in [0.15, 0.2) is 22.7 Å². The smallest absolute Gasteiger partial charge is 0.0551 e. The Morgan fingerprint density at radius 1 is 1.56 bits per heavy atom. The molecule has 1 fully saturated rings. The number of rotatable bonds is 3. The molecule has 2 nitrogen and oxygen atoms in total. The molecular weight excluding hydrogens is 288 g/mol. The molecule has 1 atom stereocenters. The summed E-state index contributed by atoms with van der Waals surface area (Å²) >= 11 is 9.48. The van der Waals surface area contributed by atoms with Crippen LogP contribution >= 0.6 is 27.5 Å². The molecule has 0 amide bonds. The van der Waals surface area contributed by atoms with Gasteiger partial charge in [-0.05, 0) is 47.1 Å². The van der Waals surface area contributed by atoms with Gasteiger partial charge in [0.1, 0.15) is 0 Å². The maximum absolute atomic E-state index is 6.08. The first-order valence-corrected chi connectivity index (χ1v) is 6.69. The molecule has 1 heterocycles. The third-order valence-corrected chi connectivity index (χ3v) is 4.30. The molecule has 1 aromatic carbocycles. The highest BCUT2D eigenvalue weighted by Crippen LogP contribution is 2.24. The van der Waals surface area contributed by atoms with Crippen LogP contribution in [0, 0.1) is 0 Å². The van der Waals surface area contributed by atoms with Crippen LogP contribution < -0.4 is 5.32 Å². The van der Waals surface area contributed by atoms with Crippen molar-refractivity contribution in [1.29, 1.82) is 0 Å². The molecule has 1 N–H and O–H groups in total. The SMILES string of the molecule is CNC1CCN(Cc2ccc(Br)c(Cl)c2)C1. The van der Waals surface area contributed by atoms with E-state index in [9.17, 15) is 0 Å². The number of hydrogen-bond donors (Lipinski definition) is 1. The van der Waals surface area contributed by atoms with Gasteiger partial charge in [-0.3, -0.25) is 4.90 Å². The molecule has 0 bridgehead atoms. The molecule has 4 heteroatoms. The van der Waals surface area contributed by atoms with Crippen LogP contribution in [0.3, 0.4) is 0 Å². The van der Waals surface area contributed by atoms with Gasteiger partial charge in [0.25, 0.3) is 0 Å². The number of nitrogens with zero attached hydrogens (tertiary/aromatic N) is 1. The van der Waals surface area contributed by atoms with Crippen LogP contribution in [0.2, 0.25) is 5.02 Å². The van der Waals surface area contributed by atoms with Crippen molar-refractivity contribution < 1.29 is 0 Å². The van der Waals surface area contributed by atoms with Crippen LogP contribution in [-0.2, 0) is 6.54 Å². The second-order valence-corrected chi connectivity index (χ2v) is 5.52. The summed E-state index contributed by atoms with van der Waals surface area (Å²) in [5, 5.41) is 4.12.